The van der Waals surface area contributed by atoms with Gasteiger partial charge >= 0.3 is 0 Å². The van der Waals surface area contributed by atoms with Crippen LogP contribution in [0.15, 0.2) is 24.3 Å². The molecule has 1 atom stereocenters. The fraction of sp³-hybridized carbons (Fsp3) is 0.562. The average molecular weight is 276 g/mol. The van der Waals surface area contributed by atoms with Gasteiger partial charge in [0.25, 0.3) is 0 Å². The van der Waals surface area contributed by atoms with E-state index in [0.717, 1.165) is 24.5 Å². The fourth-order valence-electron chi connectivity index (χ4n) is 2.32. The summed E-state index contributed by atoms with van der Waals surface area (Å²) in [5, 5.41) is 4.77. The summed E-state index contributed by atoms with van der Waals surface area (Å²) in [5.41, 5.74) is 1.13. The number of hydrogen-bond acceptors (Lipinski definition) is 3. The van der Waals surface area contributed by atoms with Crippen molar-refractivity contribution in [1.29, 1.82) is 0 Å². The van der Waals surface area contributed by atoms with Crippen molar-refractivity contribution in [1.82, 2.24) is 10.3 Å². The molecule has 104 valence electrons. The summed E-state index contributed by atoms with van der Waals surface area (Å²) in [7, 11) is 0. The third-order valence-electron chi connectivity index (χ3n) is 3.59. The Morgan fingerprint density at radius 2 is 2.11 bits per heavy atom. The van der Waals surface area contributed by atoms with Crippen LogP contribution in [0.25, 0.3) is 10.2 Å². The summed E-state index contributed by atoms with van der Waals surface area (Å²) < 4.78 is 1.29. The maximum atomic E-state index is 4.65. The third-order valence-corrected chi connectivity index (χ3v) is 4.63. The molecule has 1 unspecified atom stereocenters. The number of benzene rings is 1. The van der Waals surface area contributed by atoms with Crippen LogP contribution in [0.5, 0.6) is 0 Å². The van der Waals surface area contributed by atoms with Crippen molar-refractivity contribution >= 4 is 21.6 Å². The Bertz CT molecular complexity index is 459. The number of rotatable bonds is 8. The normalized spacial score (nSPS) is 12.9. The molecule has 1 aromatic heterocycles. The maximum Gasteiger partial charge on any atom is 0.108 e. The van der Waals surface area contributed by atoms with Gasteiger partial charge in [0, 0.05) is 6.54 Å². The molecule has 0 aliphatic heterocycles. The molecule has 0 saturated carbocycles. The van der Waals surface area contributed by atoms with Crippen LogP contribution in [-0.2, 0) is 6.54 Å². The Kier molecular flexibility index (Phi) is 5.80. The Morgan fingerprint density at radius 3 is 2.84 bits per heavy atom. The molecular weight excluding hydrogens is 252 g/mol. The molecule has 0 aliphatic carbocycles. The number of fused-ring (bicyclic) bond motifs is 1. The van der Waals surface area contributed by atoms with Crippen LogP contribution in [0.4, 0.5) is 0 Å². The monoisotopic (exact) mass is 276 g/mol. The number of nitrogens with zero attached hydrogens (tertiary/aromatic N) is 1. The zero-order valence-corrected chi connectivity index (χ0v) is 12.8. The van der Waals surface area contributed by atoms with Gasteiger partial charge in [0.15, 0.2) is 0 Å². The zero-order chi connectivity index (χ0) is 13.5. The minimum absolute atomic E-state index is 0.814. The van der Waals surface area contributed by atoms with E-state index in [1.165, 1.54) is 35.4 Å². The topological polar surface area (TPSA) is 24.9 Å². The minimum Gasteiger partial charge on any atom is -0.310 e. The van der Waals surface area contributed by atoms with Crippen molar-refractivity contribution in [3.63, 3.8) is 0 Å². The van der Waals surface area contributed by atoms with Crippen LogP contribution >= 0.6 is 11.3 Å². The highest BCUT2D eigenvalue weighted by atomic mass is 32.1. The number of aromatic nitrogens is 1. The predicted molar refractivity (Wildman–Crippen MR) is 84.6 cm³/mol. The highest BCUT2D eigenvalue weighted by Gasteiger charge is 2.07. The molecule has 2 aromatic rings. The molecule has 1 aromatic carbocycles. The lowest BCUT2D eigenvalue weighted by atomic mass is 9.99. The van der Waals surface area contributed by atoms with E-state index in [9.17, 15) is 0 Å². The van der Waals surface area contributed by atoms with Crippen LogP contribution in [0.1, 0.15) is 44.5 Å². The summed E-state index contributed by atoms with van der Waals surface area (Å²) in [6.07, 6.45) is 5.27. The van der Waals surface area contributed by atoms with Crippen molar-refractivity contribution in [2.45, 2.75) is 46.1 Å². The largest absolute Gasteiger partial charge is 0.310 e. The maximum absolute atomic E-state index is 4.65. The molecular formula is C16H24N2S. The van der Waals surface area contributed by atoms with Crippen molar-refractivity contribution < 1.29 is 0 Å². The number of nitrogens with one attached hydrogen (secondary N) is 1. The highest BCUT2D eigenvalue weighted by molar-refractivity contribution is 7.18. The Balaban J connectivity index is 1.81. The second kappa shape index (κ2) is 7.61. The molecule has 0 saturated heterocycles. The standard InChI is InChI=1S/C16H24N2S/c1-3-5-8-13(4-2)11-17-12-16-18-14-9-6-7-10-15(14)19-16/h6-7,9-10,13,17H,3-5,8,11-12H2,1-2H3. The van der Waals surface area contributed by atoms with Gasteiger partial charge in [-0.2, -0.15) is 0 Å². The van der Waals surface area contributed by atoms with E-state index in [4.69, 9.17) is 0 Å². The highest BCUT2D eigenvalue weighted by Crippen LogP contribution is 2.21. The lowest BCUT2D eigenvalue weighted by Crippen LogP contribution is -2.22. The predicted octanol–water partition coefficient (Wildman–Crippen LogP) is 4.60. The van der Waals surface area contributed by atoms with Gasteiger partial charge in [-0.3, -0.25) is 0 Å². The van der Waals surface area contributed by atoms with E-state index in [1.807, 2.05) is 0 Å². The number of unbranched alkanes of at least 4 members (excludes halogenated alkanes) is 1. The van der Waals surface area contributed by atoms with Crippen molar-refractivity contribution in [2.24, 2.45) is 5.92 Å². The minimum atomic E-state index is 0.814. The number of thiazole rings is 1. The molecule has 0 aliphatic rings. The lowest BCUT2D eigenvalue weighted by molar-refractivity contribution is 0.419. The van der Waals surface area contributed by atoms with Crippen LogP contribution in [0.3, 0.4) is 0 Å². The van der Waals surface area contributed by atoms with Gasteiger partial charge in [-0.1, -0.05) is 45.2 Å². The smallest absolute Gasteiger partial charge is 0.108 e. The third kappa shape index (κ3) is 4.29. The fourth-order valence-corrected chi connectivity index (χ4v) is 3.26. The summed E-state index contributed by atoms with van der Waals surface area (Å²) in [4.78, 5) is 4.65. The molecule has 2 nitrogen and oxygen atoms in total. The van der Waals surface area contributed by atoms with Gasteiger partial charge in [0.1, 0.15) is 5.01 Å². The zero-order valence-electron chi connectivity index (χ0n) is 12.0. The molecule has 0 spiro atoms. The van der Waals surface area contributed by atoms with Gasteiger partial charge in [-0.05, 0) is 31.0 Å². The van der Waals surface area contributed by atoms with E-state index < -0.39 is 0 Å². The van der Waals surface area contributed by atoms with E-state index in [2.05, 4.69) is 48.4 Å². The second-order valence-corrected chi connectivity index (χ2v) is 6.24. The molecule has 2 rings (SSSR count). The van der Waals surface area contributed by atoms with Crippen LogP contribution in [0.2, 0.25) is 0 Å². The summed E-state index contributed by atoms with van der Waals surface area (Å²) in [6, 6.07) is 8.37. The first-order valence-corrected chi connectivity index (χ1v) is 8.20. The van der Waals surface area contributed by atoms with Crippen LogP contribution in [0, 0.1) is 5.92 Å². The first kappa shape index (κ1) is 14.5. The van der Waals surface area contributed by atoms with Gasteiger partial charge in [0.2, 0.25) is 0 Å². The molecule has 19 heavy (non-hydrogen) atoms. The average Bonchev–Trinajstić information content (AvgIpc) is 2.85. The van der Waals surface area contributed by atoms with Gasteiger partial charge in [0.05, 0.1) is 10.2 Å². The SMILES string of the molecule is CCCCC(CC)CNCc1nc2ccccc2s1. The number of para-hydroxylation sites is 1. The molecule has 0 fully saturated rings. The number of hydrogen-bond donors (Lipinski definition) is 1. The van der Waals surface area contributed by atoms with Gasteiger partial charge < -0.3 is 5.32 Å². The van der Waals surface area contributed by atoms with Crippen molar-refractivity contribution in [3.8, 4) is 0 Å². The molecule has 3 heteroatoms. The lowest BCUT2D eigenvalue weighted by Gasteiger charge is -2.14. The molecule has 0 amide bonds. The van der Waals surface area contributed by atoms with Crippen molar-refractivity contribution in [2.75, 3.05) is 6.54 Å². The summed E-state index contributed by atoms with van der Waals surface area (Å²) >= 11 is 1.80. The first-order chi connectivity index (χ1) is 9.33. The first-order valence-electron chi connectivity index (χ1n) is 7.38. The van der Waals surface area contributed by atoms with E-state index >= 15 is 0 Å². The molecule has 1 N–H and O–H groups in total. The van der Waals surface area contributed by atoms with Crippen LogP contribution in [-0.4, -0.2) is 11.5 Å². The van der Waals surface area contributed by atoms with Crippen LogP contribution < -0.4 is 5.32 Å². The molecule has 1 heterocycles. The van der Waals surface area contributed by atoms with E-state index in [1.54, 1.807) is 11.3 Å². The second-order valence-electron chi connectivity index (χ2n) is 5.12. The molecule has 0 bridgehead atoms. The van der Waals surface area contributed by atoms with E-state index in [-0.39, 0.29) is 0 Å². The van der Waals surface area contributed by atoms with Gasteiger partial charge in [-0.15, -0.1) is 11.3 Å². The van der Waals surface area contributed by atoms with Gasteiger partial charge in [-0.25, -0.2) is 4.98 Å². The Hall–Kier alpha value is -0.930. The Morgan fingerprint density at radius 1 is 1.26 bits per heavy atom. The summed E-state index contributed by atoms with van der Waals surface area (Å²) in [6.45, 7) is 6.58. The quantitative estimate of drug-likeness (QED) is 0.762. The Labute approximate surface area is 120 Å². The summed E-state index contributed by atoms with van der Waals surface area (Å²) in [5.74, 6) is 0.814. The molecule has 0 radical (unpaired) electrons. The van der Waals surface area contributed by atoms with Crippen molar-refractivity contribution in [3.05, 3.63) is 29.3 Å². The van der Waals surface area contributed by atoms with E-state index in [0.29, 0.717) is 0 Å².